The van der Waals surface area contributed by atoms with Crippen molar-refractivity contribution in [3.05, 3.63) is 199 Å². The van der Waals surface area contributed by atoms with Crippen molar-refractivity contribution in [2.45, 2.75) is 39.9 Å². The number of fused-ring (bicyclic) bond motifs is 4. The zero-order valence-corrected chi connectivity index (χ0v) is 34.6. The normalized spacial score (nSPS) is 15.8. The van der Waals surface area contributed by atoms with Crippen molar-refractivity contribution in [1.82, 2.24) is 14.1 Å². The summed E-state index contributed by atoms with van der Waals surface area (Å²) in [5.74, 6) is 0.660. The SMILES string of the molecule is [2H]c1c([2H])c([2H])c(-c2cnc(-n3c4[c-]c(Oc5[c-]c(-n6[c-][n+](-c7c(-c8c([2H])c([2H])c([2H])c([2H])c8[2H])cc(C([2H])([2H])[2H])cc7C(C)(C)C)c7ccccc76)ccc5)ccc4c4ccccc43)cc2C([2H])([2H])[2H])c([2H])c1[2H].[Pt]. The van der Waals surface area contributed by atoms with Gasteiger partial charge in [-0.2, -0.15) is 18.2 Å². The Bertz CT molecular complexity index is 3970. The second-order valence-corrected chi connectivity index (χ2v) is 15.0. The molecule has 6 heteroatoms. The number of pyridine rings is 1. The summed E-state index contributed by atoms with van der Waals surface area (Å²) >= 11 is 0. The second-order valence-electron chi connectivity index (χ2n) is 15.0. The third-order valence-electron chi connectivity index (χ3n) is 10.1. The van der Waals surface area contributed by atoms with E-state index in [9.17, 15) is 0 Å². The van der Waals surface area contributed by atoms with Crippen LogP contribution in [0.15, 0.2) is 164 Å². The van der Waals surface area contributed by atoms with E-state index in [2.05, 4.69) is 23.4 Å². The first-order chi connectivity index (χ1) is 35.3. The molecule has 10 rings (SSSR count). The first-order valence-electron chi connectivity index (χ1n) is 26.7. The monoisotopic (exact) mass is 973 g/mol. The van der Waals surface area contributed by atoms with Crippen LogP contribution in [0.5, 0.6) is 11.5 Å². The van der Waals surface area contributed by atoms with E-state index in [1.54, 1.807) is 44.0 Å². The fourth-order valence-electron chi connectivity index (χ4n) is 7.49. The molecule has 0 bridgehead atoms. The van der Waals surface area contributed by atoms with Crippen molar-refractivity contribution in [3.8, 4) is 50.9 Å². The van der Waals surface area contributed by atoms with Crippen LogP contribution in [-0.2, 0) is 26.5 Å². The Morgan fingerprint density at radius 1 is 0.700 bits per heavy atom. The average Bonchev–Trinajstić information content (AvgIpc) is 3.92. The first-order valence-corrected chi connectivity index (χ1v) is 18.7. The van der Waals surface area contributed by atoms with E-state index >= 15 is 0 Å². The van der Waals surface area contributed by atoms with Crippen molar-refractivity contribution in [2.75, 3.05) is 0 Å². The van der Waals surface area contributed by atoms with Crippen LogP contribution in [0.4, 0.5) is 0 Å². The molecule has 60 heavy (non-hydrogen) atoms. The summed E-state index contributed by atoms with van der Waals surface area (Å²) in [4.78, 5) is 4.65. The second kappa shape index (κ2) is 15.6. The molecule has 0 radical (unpaired) electrons. The zero-order valence-electron chi connectivity index (χ0n) is 48.3. The summed E-state index contributed by atoms with van der Waals surface area (Å²) < 4.78 is 148. The molecule has 5 nitrogen and oxygen atoms in total. The van der Waals surface area contributed by atoms with Gasteiger partial charge in [0.15, 0.2) is 0 Å². The molecule has 0 aliphatic carbocycles. The molecule has 3 aromatic heterocycles. The molecule has 3 heterocycles. The Hall–Kier alpha value is -6.55. The third kappa shape index (κ3) is 6.93. The summed E-state index contributed by atoms with van der Waals surface area (Å²) in [7, 11) is 0. The van der Waals surface area contributed by atoms with Gasteiger partial charge in [-0.25, -0.2) is 4.98 Å². The van der Waals surface area contributed by atoms with Crippen molar-refractivity contribution >= 4 is 32.8 Å². The minimum Gasteiger partial charge on any atom is -0.510 e. The van der Waals surface area contributed by atoms with Gasteiger partial charge < -0.3 is 13.9 Å². The quantitative estimate of drug-likeness (QED) is 0.118. The summed E-state index contributed by atoms with van der Waals surface area (Å²) in [6.07, 6.45) is 4.64. The number of aryl methyl sites for hydroxylation is 2. The van der Waals surface area contributed by atoms with Gasteiger partial charge in [0.25, 0.3) is 6.33 Å². The van der Waals surface area contributed by atoms with E-state index in [1.807, 2.05) is 75.4 Å². The Balaban J connectivity index is 0.00000706. The molecule has 0 aliphatic heterocycles. The van der Waals surface area contributed by atoms with Gasteiger partial charge in [-0.3, -0.25) is 4.57 Å². The maximum atomic E-state index is 9.02. The molecule has 7 aromatic carbocycles. The van der Waals surface area contributed by atoms with Crippen LogP contribution >= 0.6 is 0 Å². The molecule has 0 aliphatic rings. The maximum absolute atomic E-state index is 9.02. The fourth-order valence-corrected chi connectivity index (χ4v) is 7.49. The smallest absolute Gasteiger partial charge is 0.268 e. The summed E-state index contributed by atoms with van der Waals surface area (Å²) in [5, 5.41) is 1.52. The molecule has 0 N–H and O–H groups in total. The van der Waals surface area contributed by atoms with Crippen molar-refractivity contribution < 1.29 is 52.3 Å². The van der Waals surface area contributed by atoms with Gasteiger partial charge in [0.1, 0.15) is 5.82 Å². The summed E-state index contributed by atoms with van der Waals surface area (Å²) in [6.45, 7) is 0.276. The van der Waals surface area contributed by atoms with Crippen molar-refractivity contribution in [3.63, 3.8) is 0 Å². The average molecular weight is 974 g/mol. The molecule has 0 unspecified atom stereocenters. The van der Waals surface area contributed by atoms with Gasteiger partial charge in [0.2, 0.25) is 0 Å². The first kappa shape index (κ1) is 24.5. The number of nitrogens with zero attached hydrogens (tertiary/aromatic N) is 4. The van der Waals surface area contributed by atoms with E-state index in [-0.39, 0.29) is 71.8 Å². The standard InChI is InChI=1S/C54H42N4O.Pt/c1-36-29-45(38-17-8-6-9-18-38)53(47(30-36)54(3,4)5)57-35-56(49-25-14-15-26-50(49)57)40-21-16-22-41(32-40)59-42-27-28-44-43-23-12-13-24-48(43)58(51(44)33-42)52-31-37(2)46(34-55-52)39-19-10-7-11-20-39;/h6-31,34H,1-5H3;/q-2;/i1D3,2D3,6D,7D,8D,9D,10D,11D,17D,18D,19D,20D;. The number of rotatable bonds is 7. The molecule has 0 atom stereocenters. The minimum atomic E-state index is -2.80. The minimum absolute atomic E-state index is 0. The Labute approximate surface area is 387 Å². The molecule has 0 amide bonds. The number of hydrogen-bond donors (Lipinski definition) is 0. The summed E-state index contributed by atoms with van der Waals surface area (Å²) in [5.41, 5.74) is 2.07. The third-order valence-corrected chi connectivity index (χ3v) is 10.1. The van der Waals surface area contributed by atoms with E-state index < -0.39 is 79.5 Å². The molecule has 10 aromatic rings. The van der Waals surface area contributed by atoms with Crippen LogP contribution in [0.3, 0.4) is 0 Å². The predicted molar refractivity (Wildman–Crippen MR) is 239 cm³/mol. The zero-order chi connectivity index (χ0) is 54.0. The largest absolute Gasteiger partial charge is 0.510 e. The number of ether oxygens (including phenoxy) is 1. The number of benzene rings is 7. The molecular weight excluding hydrogens is 916 g/mol. The Morgan fingerprint density at radius 3 is 2.17 bits per heavy atom. The van der Waals surface area contributed by atoms with Gasteiger partial charge in [0, 0.05) is 58.1 Å². The number of para-hydroxylation sites is 3. The van der Waals surface area contributed by atoms with Crippen LogP contribution in [0.1, 0.15) is 59.4 Å². The van der Waals surface area contributed by atoms with Crippen LogP contribution in [0, 0.1) is 32.2 Å². The topological polar surface area (TPSA) is 35.9 Å². The summed E-state index contributed by atoms with van der Waals surface area (Å²) in [6, 6.07) is 28.8. The molecule has 0 fully saturated rings. The number of imidazole rings is 1. The number of hydrogen-bond acceptors (Lipinski definition) is 2. The predicted octanol–water partition coefficient (Wildman–Crippen LogP) is 12.8. The maximum Gasteiger partial charge on any atom is 0.268 e. The van der Waals surface area contributed by atoms with Crippen LogP contribution in [0.2, 0.25) is 0 Å². The van der Waals surface area contributed by atoms with Gasteiger partial charge >= 0.3 is 0 Å². The van der Waals surface area contributed by atoms with Crippen LogP contribution < -0.4 is 9.30 Å². The molecule has 0 spiro atoms. The van der Waals surface area contributed by atoms with Crippen LogP contribution in [0.25, 0.3) is 72.3 Å². The Kier molecular flexibility index (Phi) is 6.36. The number of aromatic nitrogens is 4. The van der Waals surface area contributed by atoms with Crippen molar-refractivity contribution in [1.29, 1.82) is 0 Å². The van der Waals surface area contributed by atoms with Gasteiger partial charge in [-0.1, -0.05) is 147 Å². The fraction of sp³-hybridized carbons (Fsp3) is 0.111. The molecular formula is C54H42N4OPt-2. The van der Waals surface area contributed by atoms with E-state index in [1.165, 1.54) is 18.3 Å². The van der Waals surface area contributed by atoms with Crippen molar-refractivity contribution in [2.24, 2.45) is 0 Å². The molecule has 296 valence electrons. The molecule has 0 saturated carbocycles. The van der Waals surface area contributed by atoms with Gasteiger partial charge in [-0.05, 0) is 70.1 Å². The van der Waals surface area contributed by atoms with Gasteiger partial charge in [-0.15, -0.1) is 29.7 Å². The Morgan fingerprint density at radius 2 is 1.42 bits per heavy atom. The van der Waals surface area contributed by atoms with E-state index in [0.717, 1.165) is 10.8 Å². The van der Waals surface area contributed by atoms with E-state index in [0.29, 0.717) is 39.0 Å². The van der Waals surface area contributed by atoms with Crippen LogP contribution in [-0.4, -0.2) is 14.1 Å². The molecule has 0 saturated heterocycles. The van der Waals surface area contributed by atoms with Gasteiger partial charge in [0.05, 0.1) is 30.4 Å². The van der Waals surface area contributed by atoms with E-state index in [4.69, 9.17) is 26.7 Å².